The minimum absolute atomic E-state index is 0.0675. The van der Waals surface area contributed by atoms with E-state index in [4.69, 9.17) is 18.0 Å². The fourth-order valence-corrected chi connectivity index (χ4v) is 2.52. The summed E-state index contributed by atoms with van der Waals surface area (Å²) in [6.45, 7) is 0. The maximum atomic E-state index is 13.4. The summed E-state index contributed by atoms with van der Waals surface area (Å²) in [5.41, 5.74) is 5.93. The van der Waals surface area contributed by atoms with E-state index in [1.165, 1.54) is 11.8 Å². The van der Waals surface area contributed by atoms with Crippen molar-refractivity contribution in [3.63, 3.8) is 0 Å². The molecule has 0 aliphatic carbocycles. The molecule has 4 nitrogen and oxygen atoms in total. The zero-order chi connectivity index (χ0) is 16.8. The van der Waals surface area contributed by atoms with Crippen LogP contribution in [0.3, 0.4) is 0 Å². The molecule has 0 radical (unpaired) electrons. The molecule has 8 heteroatoms. The van der Waals surface area contributed by atoms with E-state index in [0.29, 0.717) is 0 Å². The van der Waals surface area contributed by atoms with Crippen molar-refractivity contribution < 1.29 is 13.6 Å². The zero-order valence-electron chi connectivity index (χ0n) is 11.8. The lowest BCUT2D eigenvalue weighted by molar-refractivity contribution is -0.113. The first-order valence-electron chi connectivity index (χ1n) is 6.48. The number of thioether (sulfide) groups is 1. The quantitative estimate of drug-likeness (QED) is 0.568. The monoisotopic (exact) mass is 353 g/mol. The first-order chi connectivity index (χ1) is 10.9. The number of carbonyl (C=O) groups excluding carboxylic acids is 1. The third kappa shape index (κ3) is 5.50. The van der Waals surface area contributed by atoms with Crippen LogP contribution in [0, 0.1) is 11.6 Å². The summed E-state index contributed by atoms with van der Waals surface area (Å²) in [6, 6.07) is 10.0. The molecule has 0 heterocycles. The molecule has 120 valence electrons. The number of benzene rings is 2. The zero-order valence-corrected chi connectivity index (χ0v) is 13.4. The minimum atomic E-state index is -0.682. The van der Waals surface area contributed by atoms with E-state index in [0.717, 1.165) is 28.8 Å². The third-order valence-corrected chi connectivity index (χ3v) is 3.81. The Morgan fingerprint density at radius 2 is 1.83 bits per heavy atom. The number of rotatable bonds is 5. The number of carbonyl (C=O) groups is 1. The highest BCUT2D eigenvalue weighted by atomic mass is 32.2. The van der Waals surface area contributed by atoms with Gasteiger partial charge in [-0.1, -0.05) is 0 Å². The number of nitrogens with one attached hydrogen (secondary N) is 2. The molecule has 0 aromatic heterocycles. The fourth-order valence-electron chi connectivity index (χ4n) is 1.71. The topological polar surface area (TPSA) is 67.1 Å². The third-order valence-electron chi connectivity index (χ3n) is 2.69. The average Bonchev–Trinajstić information content (AvgIpc) is 2.50. The molecule has 0 unspecified atom stereocenters. The van der Waals surface area contributed by atoms with E-state index >= 15 is 0 Å². The molecule has 0 aliphatic rings. The van der Waals surface area contributed by atoms with Crippen molar-refractivity contribution in [2.24, 2.45) is 5.73 Å². The number of anilines is 2. The second-order valence-electron chi connectivity index (χ2n) is 4.47. The van der Waals surface area contributed by atoms with Gasteiger partial charge in [-0.3, -0.25) is 4.79 Å². The Hall–Kier alpha value is -2.19. The minimum Gasteiger partial charge on any atom is -0.376 e. The van der Waals surface area contributed by atoms with E-state index < -0.39 is 17.5 Å². The Labute approximate surface area is 141 Å². The predicted molar refractivity (Wildman–Crippen MR) is 92.6 cm³/mol. The summed E-state index contributed by atoms with van der Waals surface area (Å²) in [5.74, 6) is -1.66. The number of hydrogen-bond acceptors (Lipinski definition) is 3. The van der Waals surface area contributed by atoms with Crippen molar-refractivity contribution >= 4 is 46.4 Å². The van der Waals surface area contributed by atoms with Gasteiger partial charge < -0.3 is 16.4 Å². The van der Waals surface area contributed by atoms with Crippen LogP contribution < -0.4 is 16.4 Å². The van der Waals surface area contributed by atoms with Crippen LogP contribution in [0.25, 0.3) is 0 Å². The van der Waals surface area contributed by atoms with Gasteiger partial charge in [0.1, 0.15) is 11.6 Å². The molecular formula is C15H13F2N3OS2. The van der Waals surface area contributed by atoms with Crippen molar-refractivity contribution in [2.75, 3.05) is 16.4 Å². The normalized spacial score (nSPS) is 10.2. The van der Waals surface area contributed by atoms with Gasteiger partial charge in [-0.15, -0.1) is 11.8 Å². The fraction of sp³-hybridized carbons (Fsp3) is 0.0667. The molecule has 0 bridgehead atoms. The second-order valence-corrected chi connectivity index (χ2v) is 5.96. The highest BCUT2D eigenvalue weighted by molar-refractivity contribution is 8.00. The summed E-state index contributed by atoms with van der Waals surface area (Å²) >= 11 is 5.99. The number of halogens is 2. The van der Waals surface area contributed by atoms with E-state index in [-0.39, 0.29) is 16.6 Å². The molecule has 0 spiro atoms. The van der Waals surface area contributed by atoms with E-state index in [2.05, 4.69) is 10.6 Å². The standard InChI is InChI=1S/C15H13F2N3OS2/c16-9-1-6-12(17)13(7-9)20-14(21)8-23-11-4-2-10(3-5-11)19-15(18)22/h1-7H,8H2,(H,20,21)(H3,18,19,22). The SMILES string of the molecule is NC(=S)Nc1ccc(SCC(=O)Nc2cc(F)ccc2F)cc1. The van der Waals surface area contributed by atoms with Crippen LogP contribution in [0.15, 0.2) is 47.4 Å². The molecule has 0 aliphatic heterocycles. The number of amides is 1. The Balaban J connectivity index is 1.89. The second kappa shape index (κ2) is 7.89. The summed E-state index contributed by atoms with van der Waals surface area (Å²) < 4.78 is 26.5. The van der Waals surface area contributed by atoms with Gasteiger partial charge in [-0.05, 0) is 48.6 Å². The van der Waals surface area contributed by atoms with E-state index in [1.807, 2.05) is 0 Å². The molecule has 2 rings (SSSR count). The maximum absolute atomic E-state index is 13.4. The molecule has 2 aromatic carbocycles. The predicted octanol–water partition coefficient (Wildman–Crippen LogP) is 3.35. The lowest BCUT2D eigenvalue weighted by Gasteiger charge is -2.07. The first-order valence-corrected chi connectivity index (χ1v) is 7.87. The van der Waals surface area contributed by atoms with Gasteiger partial charge >= 0.3 is 0 Å². The van der Waals surface area contributed by atoms with Crippen LogP contribution in [0.1, 0.15) is 0 Å². The molecule has 4 N–H and O–H groups in total. The lowest BCUT2D eigenvalue weighted by Crippen LogP contribution is -2.18. The van der Waals surface area contributed by atoms with E-state index in [1.54, 1.807) is 24.3 Å². The Morgan fingerprint density at radius 1 is 1.13 bits per heavy atom. The van der Waals surface area contributed by atoms with E-state index in [9.17, 15) is 13.6 Å². The smallest absolute Gasteiger partial charge is 0.234 e. The summed E-state index contributed by atoms with van der Waals surface area (Å²) in [7, 11) is 0. The number of nitrogens with two attached hydrogens (primary N) is 1. The van der Waals surface area contributed by atoms with Crippen LogP contribution in [0.2, 0.25) is 0 Å². The van der Waals surface area contributed by atoms with Gasteiger partial charge in [0.2, 0.25) is 5.91 Å². The highest BCUT2D eigenvalue weighted by Crippen LogP contribution is 2.21. The van der Waals surface area contributed by atoms with Gasteiger partial charge in [0.15, 0.2) is 5.11 Å². The molecule has 1 amide bonds. The molecular weight excluding hydrogens is 340 g/mol. The van der Waals surface area contributed by atoms with Crippen LogP contribution in [-0.4, -0.2) is 16.8 Å². The van der Waals surface area contributed by atoms with Gasteiger partial charge in [0.25, 0.3) is 0 Å². The number of thiocarbonyl (C=S) groups is 1. The maximum Gasteiger partial charge on any atom is 0.234 e. The molecule has 23 heavy (non-hydrogen) atoms. The molecule has 0 saturated carbocycles. The summed E-state index contributed by atoms with van der Waals surface area (Å²) in [5, 5.41) is 5.29. The summed E-state index contributed by atoms with van der Waals surface area (Å²) in [4.78, 5) is 12.6. The van der Waals surface area contributed by atoms with Crippen molar-refractivity contribution in [1.29, 1.82) is 0 Å². The van der Waals surface area contributed by atoms with Crippen molar-refractivity contribution in [1.82, 2.24) is 0 Å². The van der Waals surface area contributed by atoms with Gasteiger partial charge in [0.05, 0.1) is 11.4 Å². The van der Waals surface area contributed by atoms with Crippen LogP contribution >= 0.6 is 24.0 Å². The van der Waals surface area contributed by atoms with Gasteiger partial charge in [-0.25, -0.2) is 8.78 Å². The van der Waals surface area contributed by atoms with Crippen LogP contribution in [0.4, 0.5) is 20.2 Å². The molecule has 0 atom stereocenters. The largest absolute Gasteiger partial charge is 0.376 e. The first kappa shape index (κ1) is 17.2. The molecule has 0 saturated heterocycles. The molecule has 2 aromatic rings. The highest BCUT2D eigenvalue weighted by Gasteiger charge is 2.09. The summed E-state index contributed by atoms with van der Waals surface area (Å²) in [6.07, 6.45) is 0. The van der Waals surface area contributed by atoms with Gasteiger partial charge in [0, 0.05) is 16.6 Å². The molecule has 0 fully saturated rings. The van der Waals surface area contributed by atoms with Crippen molar-refractivity contribution in [2.45, 2.75) is 4.90 Å². The Kier molecular flexibility index (Phi) is 5.89. The van der Waals surface area contributed by atoms with Crippen LogP contribution in [-0.2, 0) is 4.79 Å². The Bertz CT molecular complexity index is 723. The number of hydrogen-bond donors (Lipinski definition) is 3. The van der Waals surface area contributed by atoms with Crippen molar-refractivity contribution in [3.05, 3.63) is 54.1 Å². The lowest BCUT2D eigenvalue weighted by atomic mass is 10.3. The van der Waals surface area contributed by atoms with Crippen molar-refractivity contribution in [3.8, 4) is 0 Å². The average molecular weight is 353 g/mol. The Morgan fingerprint density at radius 3 is 2.48 bits per heavy atom. The van der Waals surface area contributed by atoms with Gasteiger partial charge in [-0.2, -0.15) is 0 Å². The van der Waals surface area contributed by atoms with Crippen LogP contribution in [0.5, 0.6) is 0 Å².